The molecule has 1 amide bonds. The van der Waals surface area contributed by atoms with Crippen LogP contribution in [0.3, 0.4) is 0 Å². The van der Waals surface area contributed by atoms with E-state index >= 15 is 0 Å². The van der Waals surface area contributed by atoms with Gasteiger partial charge in [-0.1, -0.05) is 25.5 Å². The second kappa shape index (κ2) is 8.30. The third-order valence-corrected chi connectivity index (χ3v) is 3.30. The number of carbonyl (C=O) groups excluding carboxylic acids is 1. The molecule has 4 nitrogen and oxygen atoms in total. The normalized spacial score (nSPS) is 11.9. The summed E-state index contributed by atoms with van der Waals surface area (Å²) in [6, 6.07) is 5.83. The summed E-state index contributed by atoms with van der Waals surface area (Å²) in [5, 5.41) is 11.3. The summed E-state index contributed by atoms with van der Waals surface area (Å²) in [5.41, 5.74) is 0.0334. The minimum Gasteiger partial charge on any atom is -0.481 e. The van der Waals surface area contributed by atoms with Crippen molar-refractivity contribution in [2.24, 2.45) is 5.92 Å². The van der Waals surface area contributed by atoms with Gasteiger partial charge in [0.25, 0.3) is 5.91 Å². The molecule has 0 saturated heterocycles. The fourth-order valence-electron chi connectivity index (χ4n) is 2.01. The van der Waals surface area contributed by atoms with Crippen molar-refractivity contribution in [3.8, 4) is 0 Å². The third kappa shape index (κ3) is 5.38. The maximum Gasteiger partial charge on any atom is 0.303 e. The van der Waals surface area contributed by atoms with E-state index in [2.05, 4.69) is 5.32 Å². The number of halogens is 1. The van der Waals surface area contributed by atoms with Crippen LogP contribution >= 0.6 is 0 Å². The molecule has 1 aromatic rings. The van der Waals surface area contributed by atoms with Gasteiger partial charge in [-0.15, -0.1) is 0 Å². The number of benzene rings is 1. The van der Waals surface area contributed by atoms with Crippen molar-refractivity contribution in [2.75, 3.05) is 6.54 Å². The van der Waals surface area contributed by atoms with Crippen LogP contribution in [0.25, 0.3) is 0 Å². The first-order valence-corrected chi connectivity index (χ1v) is 6.79. The van der Waals surface area contributed by atoms with Crippen molar-refractivity contribution >= 4 is 11.9 Å². The molecule has 1 rings (SSSR count). The van der Waals surface area contributed by atoms with E-state index in [9.17, 15) is 14.0 Å². The number of carboxylic acids is 1. The fourth-order valence-corrected chi connectivity index (χ4v) is 2.01. The Labute approximate surface area is 118 Å². The Morgan fingerprint density at radius 1 is 1.30 bits per heavy atom. The molecule has 0 bridgehead atoms. The smallest absolute Gasteiger partial charge is 0.303 e. The van der Waals surface area contributed by atoms with Gasteiger partial charge in [0.2, 0.25) is 0 Å². The van der Waals surface area contributed by atoms with Crippen LogP contribution in [-0.4, -0.2) is 23.5 Å². The van der Waals surface area contributed by atoms with Gasteiger partial charge in [0, 0.05) is 13.0 Å². The Balaban J connectivity index is 2.37. The Bertz CT molecular complexity index is 462. The fraction of sp³-hybridized carbons (Fsp3) is 0.467. The van der Waals surface area contributed by atoms with Gasteiger partial charge < -0.3 is 10.4 Å². The van der Waals surface area contributed by atoms with Gasteiger partial charge in [-0.25, -0.2) is 4.39 Å². The number of amides is 1. The van der Waals surface area contributed by atoms with Gasteiger partial charge in [-0.05, 0) is 30.9 Å². The molecule has 0 saturated carbocycles. The van der Waals surface area contributed by atoms with Crippen LogP contribution in [0, 0.1) is 11.7 Å². The molecule has 20 heavy (non-hydrogen) atoms. The van der Waals surface area contributed by atoms with Crippen molar-refractivity contribution in [2.45, 2.75) is 32.6 Å². The zero-order chi connectivity index (χ0) is 15.0. The molecule has 0 radical (unpaired) electrons. The lowest BCUT2D eigenvalue weighted by Crippen LogP contribution is -2.26. The molecule has 0 aromatic heterocycles. The second-order valence-corrected chi connectivity index (χ2v) is 4.73. The van der Waals surface area contributed by atoms with Crippen LogP contribution in [0.15, 0.2) is 24.3 Å². The molecule has 110 valence electrons. The number of hydrogen-bond acceptors (Lipinski definition) is 2. The van der Waals surface area contributed by atoms with Gasteiger partial charge in [0.05, 0.1) is 5.56 Å². The summed E-state index contributed by atoms with van der Waals surface area (Å²) in [5.74, 6) is -1.52. The molecule has 1 aromatic carbocycles. The highest BCUT2D eigenvalue weighted by molar-refractivity contribution is 5.94. The van der Waals surface area contributed by atoms with E-state index in [1.807, 2.05) is 6.92 Å². The van der Waals surface area contributed by atoms with Crippen LogP contribution in [0.1, 0.15) is 43.0 Å². The summed E-state index contributed by atoms with van der Waals surface area (Å²) in [7, 11) is 0. The summed E-state index contributed by atoms with van der Waals surface area (Å²) in [4.78, 5) is 22.3. The molecule has 0 aliphatic carbocycles. The first kappa shape index (κ1) is 16.1. The van der Waals surface area contributed by atoms with E-state index in [1.54, 1.807) is 6.07 Å². The van der Waals surface area contributed by atoms with Crippen molar-refractivity contribution in [3.63, 3.8) is 0 Å². The zero-order valence-electron chi connectivity index (χ0n) is 11.6. The van der Waals surface area contributed by atoms with Gasteiger partial charge in [0.1, 0.15) is 5.82 Å². The monoisotopic (exact) mass is 281 g/mol. The molecule has 0 fully saturated rings. The summed E-state index contributed by atoms with van der Waals surface area (Å²) in [6.45, 7) is 2.41. The number of aliphatic carboxylic acids is 1. The number of carboxylic acid groups (broad SMARTS) is 1. The van der Waals surface area contributed by atoms with Crippen LogP contribution in [0.5, 0.6) is 0 Å². The molecule has 2 N–H and O–H groups in total. The predicted octanol–water partition coefficient (Wildman–Crippen LogP) is 2.84. The number of carbonyl (C=O) groups is 2. The lowest BCUT2D eigenvalue weighted by atomic mass is 9.96. The largest absolute Gasteiger partial charge is 0.481 e. The Morgan fingerprint density at radius 2 is 2.00 bits per heavy atom. The molecule has 1 unspecified atom stereocenters. The average molecular weight is 281 g/mol. The van der Waals surface area contributed by atoms with E-state index in [4.69, 9.17) is 5.11 Å². The Morgan fingerprint density at radius 3 is 2.60 bits per heavy atom. The van der Waals surface area contributed by atoms with Gasteiger partial charge in [-0.3, -0.25) is 9.59 Å². The second-order valence-electron chi connectivity index (χ2n) is 4.73. The SMILES string of the molecule is CCC(CCNC(=O)c1ccccc1F)CCC(=O)O. The summed E-state index contributed by atoms with van der Waals surface area (Å²) in [6.07, 6.45) is 2.30. The van der Waals surface area contributed by atoms with Crippen LogP contribution in [0.4, 0.5) is 4.39 Å². The van der Waals surface area contributed by atoms with E-state index in [1.165, 1.54) is 18.2 Å². The lowest BCUT2D eigenvalue weighted by molar-refractivity contribution is -0.137. The molecule has 0 heterocycles. The highest BCUT2D eigenvalue weighted by atomic mass is 19.1. The van der Waals surface area contributed by atoms with Crippen molar-refractivity contribution in [3.05, 3.63) is 35.6 Å². The molecule has 0 spiro atoms. The predicted molar refractivity (Wildman–Crippen MR) is 74.0 cm³/mol. The average Bonchev–Trinajstić information content (AvgIpc) is 2.42. The minimum absolute atomic E-state index is 0.0334. The molecular formula is C15H20FNO3. The Hall–Kier alpha value is -1.91. The quantitative estimate of drug-likeness (QED) is 0.770. The maximum atomic E-state index is 13.4. The zero-order valence-corrected chi connectivity index (χ0v) is 11.6. The third-order valence-electron chi connectivity index (χ3n) is 3.30. The first-order chi connectivity index (χ1) is 9.54. The van der Waals surface area contributed by atoms with E-state index in [0.29, 0.717) is 19.4 Å². The summed E-state index contributed by atoms with van der Waals surface area (Å²) < 4.78 is 13.4. The first-order valence-electron chi connectivity index (χ1n) is 6.79. The van der Waals surface area contributed by atoms with Crippen LogP contribution in [0.2, 0.25) is 0 Å². The van der Waals surface area contributed by atoms with Gasteiger partial charge in [0.15, 0.2) is 0 Å². The maximum absolute atomic E-state index is 13.4. The van der Waals surface area contributed by atoms with E-state index in [0.717, 1.165) is 6.42 Å². The highest BCUT2D eigenvalue weighted by Crippen LogP contribution is 2.15. The number of hydrogen-bond donors (Lipinski definition) is 2. The molecule has 0 aliphatic rings. The number of rotatable bonds is 8. The van der Waals surface area contributed by atoms with Crippen molar-refractivity contribution in [1.82, 2.24) is 5.32 Å². The van der Waals surface area contributed by atoms with Crippen LogP contribution in [-0.2, 0) is 4.79 Å². The topological polar surface area (TPSA) is 66.4 Å². The Kier molecular flexibility index (Phi) is 6.70. The molecule has 0 aliphatic heterocycles. The van der Waals surface area contributed by atoms with Crippen molar-refractivity contribution < 1.29 is 19.1 Å². The van der Waals surface area contributed by atoms with Gasteiger partial charge in [-0.2, -0.15) is 0 Å². The minimum atomic E-state index is -0.807. The standard InChI is InChI=1S/C15H20FNO3/c1-2-11(7-8-14(18)19)9-10-17-15(20)12-5-3-4-6-13(12)16/h3-6,11H,2,7-10H2,1H3,(H,17,20)(H,18,19). The van der Waals surface area contributed by atoms with E-state index in [-0.39, 0.29) is 17.9 Å². The molecular weight excluding hydrogens is 261 g/mol. The lowest BCUT2D eigenvalue weighted by Gasteiger charge is -2.14. The highest BCUT2D eigenvalue weighted by Gasteiger charge is 2.12. The number of nitrogens with one attached hydrogen (secondary N) is 1. The molecule has 1 atom stereocenters. The van der Waals surface area contributed by atoms with Gasteiger partial charge >= 0.3 is 5.97 Å². The van der Waals surface area contributed by atoms with Crippen molar-refractivity contribution in [1.29, 1.82) is 0 Å². The summed E-state index contributed by atoms with van der Waals surface area (Å²) >= 11 is 0. The van der Waals surface area contributed by atoms with E-state index < -0.39 is 17.7 Å². The van der Waals surface area contributed by atoms with Crippen LogP contribution < -0.4 is 5.32 Å². The molecule has 5 heteroatoms.